The maximum atomic E-state index is 6.36. The molecule has 0 fully saturated rings. The molecule has 1 aromatic heterocycles. The average molecular weight is 463 g/mol. The molecule has 2 aliphatic heterocycles. The van der Waals surface area contributed by atoms with Crippen molar-refractivity contribution < 1.29 is 9.31 Å². The van der Waals surface area contributed by atoms with Crippen LogP contribution in [0.2, 0.25) is 0 Å². The third kappa shape index (κ3) is 2.64. The summed E-state index contributed by atoms with van der Waals surface area (Å²) >= 11 is 0. The van der Waals surface area contributed by atoms with Gasteiger partial charge in [-0.2, -0.15) is 0 Å². The molecule has 0 radical (unpaired) electrons. The molecule has 0 aliphatic carbocycles. The molecule has 8 rings (SSSR count). The maximum absolute atomic E-state index is 6.36. The average Bonchev–Trinajstić information content (AvgIpc) is 3.21. The van der Waals surface area contributed by atoms with Crippen LogP contribution in [0.1, 0.15) is 11.1 Å². The second-order valence-electron chi connectivity index (χ2n) is 9.89. The van der Waals surface area contributed by atoms with Crippen LogP contribution in [-0.4, -0.2) is 11.7 Å². The van der Waals surface area contributed by atoms with Crippen LogP contribution in [0.3, 0.4) is 0 Å². The second-order valence-corrected chi connectivity index (χ2v) is 9.89. The van der Waals surface area contributed by atoms with Crippen LogP contribution < -0.4 is 14.8 Å². The monoisotopic (exact) mass is 463 g/mol. The van der Waals surface area contributed by atoms with Crippen molar-refractivity contribution in [3.05, 3.63) is 108 Å². The summed E-state index contributed by atoms with van der Waals surface area (Å²) in [5.41, 5.74) is 11.7. The summed E-state index contributed by atoms with van der Waals surface area (Å²) in [5.74, 6) is 1.71. The zero-order chi connectivity index (χ0) is 24.0. The van der Waals surface area contributed by atoms with Gasteiger partial charge >= 0.3 is 7.12 Å². The van der Waals surface area contributed by atoms with Crippen molar-refractivity contribution in [2.45, 2.75) is 13.8 Å². The fourth-order valence-corrected chi connectivity index (χ4v) is 5.95. The molecule has 0 bridgehead atoms. The summed E-state index contributed by atoms with van der Waals surface area (Å²) in [6.45, 7) is 4.32. The molecule has 36 heavy (non-hydrogen) atoms. The number of nitrogens with zero attached hydrogens (tertiary/aromatic N) is 1. The minimum Gasteiger partial charge on any atom is -0.521 e. The fourth-order valence-electron chi connectivity index (χ4n) is 5.95. The number of para-hydroxylation sites is 2. The Labute approximate surface area is 209 Å². The maximum Gasteiger partial charge on any atom is 0.633 e. The van der Waals surface area contributed by atoms with Gasteiger partial charge in [-0.05, 0) is 73.5 Å². The number of rotatable bonds is 1. The Hall–Kier alpha value is -4.44. The SMILES string of the molecule is Cc1ccc2c(c1)c1cc(C)ccc1n2-c1cc2c3c(c1)-c1ccccc1OB3Oc1ccccc1-2. The first-order valence-corrected chi connectivity index (χ1v) is 12.4. The molecule has 0 unspecified atom stereocenters. The third-order valence-corrected chi connectivity index (χ3v) is 7.56. The lowest BCUT2D eigenvalue weighted by atomic mass is 9.66. The van der Waals surface area contributed by atoms with Crippen molar-refractivity contribution in [2.24, 2.45) is 0 Å². The molecule has 0 saturated carbocycles. The third-order valence-electron chi connectivity index (χ3n) is 7.56. The number of hydrogen-bond acceptors (Lipinski definition) is 2. The molecule has 3 heterocycles. The normalized spacial score (nSPS) is 13.1. The van der Waals surface area contributed by atoms with Gasteiger partial charge in [0.1, 0.15) is 11.5 Å². The van der Waals surface area contributed by atoms with Gasteiger partial charge in [0.05, 0.1) is 11.0 Å². The van der Waals surface area contributed by atoms with Crippen molar-refractivity contribution in [1.82, 2.24) is 4.57 Å². The van der Waals surface area contributed by atoms with E-state index in [1.54, 1.807) is 0 Å². The first-order valence-electron chi connectivity index (χ1n) is 12.4. The number of fused-ring (bicyclic) bond motifs is 7. The van der Waals surface area contributed by atoms with Crippen molar-refractivity contribution >= 4 is 34.4 Å². The van der Waals surface area contributed by atoms with Gasteiger partial charge < -0.3 is 13.9 Å². The highest BCUT2D eigenvalue weighted by Crippen LogP contribution is 2.43. The van der Waals surface area contributed by atoms with E-state index in [4.69, 9.17) is 9.31 Å². The first-order chi connectivity index (χ1) is 17.7. The van der Waals surface area contributed by atoms with Crippen LogP contribution in [0.4, 0.5) is 0 Å². The molecule has 2 aliphatic rings. The Kier molecular flexibility index (Phi) is 3.88. The smallest absolute Gasteiger partial charge is 0.521 e. The van der Waals surface area contributed by atoms with Gasteiger partial charge in [-0.1, -0.05) is 59.7 Å². The topological polar surface area (TPSA) is 23.4 Å². The quantitative estimate of drug-likeness (QED) is 0.241. The summed E-state index contributed by atoms with van der Waals surface area (Å²) < 4.78 is 15.1. The predicted molar refractivity (Wildman–Crippen MR) is 148 cm³/mol. The van der Waals surface area contributed by atoms with E-state index in [0.29, 0.717) is 0 Å². The molecule has 5 aromatic carbocycles. The molecule has 0 N–H and O–H groups in total. The van der Waals surface area contributed by atoms with Crippen molar-refractivity contribution in [3.8, 4) is 39.4 Å². The Morgan fingerprint density at radius 3 is 1.58 bits per heavy atom. The first kappa shape index (κ1) is 19.8. The van der Waals surface area contributed by atoms with Gasteiger partial charge in [-0.25, -0.2) is 0 Å². The predicted octanol–water partition coefficient (Wildman–Crippen LogP) is 7.21. The molecule has 170 valence electrons. The van der Waals surface area contributed by atoms with Gasteiger partial charge in [0.25, 0.3) is 0 Å². The molecular formula is C32H22BNO2. The lowest BCUT2D eigenvalue weighted by Gasteiger charge is -2.32. The molecule has 6 aromatic rings. The Morgan fingerprint density at radius 2 is 1.06 bits per heavy atom. The Balaban J connectivity index is 1.52. The Morgan fingerprint density at radius 1 is 0.556 bits per heavy atom. The van der Waals surface area contributed by atoms with Crippen molar-refractivity contribution in [1.29, 1.82) is 0 Å². The minimum absolute atomic E-state index is 0.461. The van der Waals surface area contributed by atoms with E-state index in [-0.39, 0.29) is 0 Å². The molecule has 0 saturated heterocycles. The van der Waals surface area contributed by atoms with E-state index in [0.717, 1.165) is 44.9 Å². The van der Waals surface area contributed by atoms with Gasteiger partial charge in [0, 0.05) is 33.0 Å². The highest BCUT2D eigenvalue weighted by Gasteiger charge is 2.41. The number of benzene rings is 5. The van der Waals surface area contributed by atoms with E-state index in [1.165, 1.54) is 32.9 Å². The highest BCUT2D eigenvalue weighted by molar-refractivity contribution is 6.68. The van der Waals surface area contributed by atoms with E-state index in [9.17, 15) is 0 Å². The number of aryl methyl sites for hydroxylation is 2. The van der Waals surface area contributed by atoms with Crippen LogP contribution >= 0.6 is 0 Å². The molecule has 0 spiro atoms. The standard InChI is InChI=1S/C32H22BNO2/c1-19-11-13-28-24(15-19)25-16-20(2)12-14-29(25)34(28)21-17-26-22-7-3-5-9-30(22)35-33-32(26)27(18-21)23-8-4-6-10-31(23)36-33/h3-18H,1-2H3. The van der Waals surface area contributed by atoms with E-state index < -0.39 is 7.12 Å². The summed E-state index contributed by atoms with van der Waals surface area (Å²) in [6, 6.07) is 34.7. The fraction of sp³-hybridized carbons (Fsp3) is 0.0625. The lowest BCUT2D eigenvalue weighted by Crippen LogP contribution is -2.49. The highest BCUT2D eigenvalue weighted by atomic mass is 16.6. The van der Waals surface area contributed by atoms with E-state index in [2.05, 4.69) is 91.2 Å². The van der Waals surface area contributed by atoms with E-state index >= 15 is 0 Å². The molecule has 0 amide bonds. The zero-order valence-corrected chi connectivity index (χ0v) is 20.1. The van der Waals surface area contributed by atoms with Crippen LogP contribution in [0.15, 0.2) is 97.1 Å². The Bertz CT molecular complexity index is 1750. The van der Waals surface area contributed by atoms with Crippen LogP contribution in [0.25, 0.3) is 49.7 Å². The number of hydrogen-bond donors (Lipinski definition) is 0. The summed E-state index contributed by atoms with van der Waals surface area (Å²) in [7, 11) is -0.461. The molecular weight excluding hydrogens is 441 g/mol. The summed E-state index contributed by atoms with van der Waals surface area (Å²) in [6.07, 6.45) is 0. The van der Waals surface area contributed by atoms with Gasteiger partial charge in [-0.15, -0.1) is 0 Å². The van der Waals surface area contributed by atoms with Crippen LogP contribution in [-0.2, 0) is 0 Å². The van der Waals surface area contributed by atoms with Crippen molar-refractivity contribution in [2.75, 3.05) is 0 Å². The van der Waals surface area contributed by atoms with Crippen molar-refractivity contribution in [3.63, 3.8) is 0 Å². The minimum atomic E-state index is -0.461. The van der Waals surface area contributed by atoms with Gasteiger partial charge in [0.2, 0.25) is 0 Å². The molecule has 0 atom stereocenters. The number of aromatic nitrogens is 1. The lowest BCUT2D eigenvalue weighted by molar-refractivity contribution is 0.436. The second kappa shape index (κ2) is 7.05. The zero-order valence-electron chi connectivity index (χ0n) is 20.1. The van der Waals surface area contributed by atoms with Crippen LogP contribution in [0, 0.1) is 13.8 Å². The van der Waals surface area contributed by atoms with Gasteiger partial charge in [0.15, 0.2) is 0 Å². The molecule has 4 heteroatoms. The van der Waals surface area contributed by atoms with Gasteiger partial charge in [-0.3, -0.25) is 0 Å². The van der Waals surface area contributed by atoms with Crippen LogP contribution in [0.5, 0.6) is 11.5 Å². The summed E-state index contributed by atoms with van der Waals surface area (Å²) in [4.78, 5) is 0. The summed E-state index contributed by atoms with van der Waals surface area (Å²) in [5, 5.41) is 2.57. The van der Waals surface area contributed by atoms with E-state index in [1.807, 2.05) is 24.3 Å². The molecule has 3 nitrogen and oxygen atoms in total. The largest absolute Gasteiger partial charge is 0.633 e.